The molecule has 0 radical (unpaired) electrons. The van der Waals surface area contributed by atoms with Gasteiger partial charge in [-0.3, -0.25) is 9.69 Å². The van der Waals surface area contributed by atoms with Crippen LogP contribution in [-0.2, 0) is 4.79 Å². The summed E-state index contributed by atoms with van der Waals surface area (Å²) >= 11 is 0. The summed E-state index contributed by atoms with van der Waals surface area (Å²) in [5.74, 6) is 0.130. The summed E-state index contributed by atoms with van der Waals surface area (Å²) in [4.78, 5) is 13.4. The van der Waals surface area contributed by atoms with E-state index in [0.29, 0.717) is 12.5 Å². The summed E-state index contributed by atoms with van der Waals surface area (Å²) in [6.07, 6.45) is 4.25. The molecule has 2 N–H and O–H groups in total. The van der Waals surface area contributed by atoms with Crippen LogP contribution in [0.2, 0.25) is 0 Å². The van der Waals surface area contributed by atoms with Crippen molar-refractivity contribution in [3.8, 4) is 0 Å². The molecule has 1 saturated carbocycles. The highest BCUT2D eigenvalue weighted by atomic mass is 16.1. The smallest absolute Gasteiger partial charge is 0.219 e. The van der Waals surface area contributed by atoms with Crippen LogP contribution in [0.1, 0.15) is 32.6 Å². The molecule has 1 rings (SSSR count). The first-order valence-corrected chi connectivity index (χ1v) is 6.28. The first-order valence-electron chi connectivity index (χ1n) is 6.28. The first kappa shape index (κ1) is 13.5. The van der Waals surface area contributed by atoms with E-state index in [0.717, 1.165) is 25.6 Å². The third-order valence-electron chi connectivity index (χ3n) is 3.29. The van der Waals surface area contributed by atoms with E-state index < -0.39 is 0 Å². The molecule has 0 spiro atoms. The fourth-order valence-electron chi connectivity index (χ4n) is 1.80. The van der Waals surface area contributed by atoms with Gasteiger partial charge in [0, 0.05) is 32.1 Å². The minimum Gasteiger partial charge on any atom is -0.359 e. The van der Waals surface area contributed by atoms with Gasteiger partial charge in [-0.1, -0.05) is 0 Å². The zero-order valence-electron chi connectivity index (χ0n) is 10.8. The van der Waals surface area contributed by atoms with E-state index in [4.69, 9.17) is 0 Å². The Morgan fingerprint density at radius 2 is 2.19 bits per heavy atom. The van der Waals surface area contributed by atoms with Gasteiger partial charge in [0.1, 0.15) is 0 Å². The van der Waals surface area contributed by atoms with Crippen molar-refractivity contribution in [2.45, 2.75) is 44.7 Å². The van der Waals surface area contributed by atoms with Crippen LogP contribution in [-0.4, -0.2) is 50.1 Å². The summed E-state index contributed by atoms with van der Waals surface area (Å²) < 4.78 is 0. The Labute approximate surface area is 98.8 Å². The van der Waals surface area contributed by atoms with Gasteiger partial charge in [0.25, 0.3) is 0 Å². The normalized spacial score (nSPS) is 17.5. The van der Waals surface area contributed by atoms with Gasteiger partial charge in [-0.2, -0.15) is 0 Å². The lowest BCUT2D eigenvalue weighted by atomic mass is 10.2. The lowest BCUT2D eigenvalue weighted by Gasteiger charge is -2.24. The summed E-state index contributed by atoms with van der Waals surface area (Å²) in [6.45, 7) is 4.20. The summed E-state index contributed by atoms with van der Waals surface area (Å²) in [7, 11) is 3.89. The van der Waals surface area contributed by atoms with Gasteiger partial charge in [-0.05, 0) is 39.8 Å². The molecule has 0 aromatic heterocycles. The van der Waals surface area contributed by atoms with Crippen LogP contribution >= 0.6 is 0 Å². The molecule has 0 aromatic carbocycles. The van der Waals surface area contributed by atoms with Crippen LogP contribution in [0.3, 0.4) is 0 Å². The predicted molar refractivity (Wildman–Crippen MR) is 66.4 cm³/mol. The number of likely N-dealkylation sites (N-methyl/N-ethyl adjacent to an activating group) is 1. The zero-order chi connectivity index (χ0) is 12.0. The highest BCUT2D eigenvalue weighted by Gasteiger charge is 2.28. The summed E-state index contributed by atoms with van der Waals surface area (Å²) in [6, 6.07) is 1.41. The van der Waals surface area contributed by atoms with Gasteiger partial charge in [-0.15, -0.1) is 0 Å². The Morgan fingerprint density at radius 1 is 1.50 bits per heavy atom. The molecular formula is C12H25N3O. The molecule has 4 heteroatoms. The van der Waals surface area contributed by atoms with Crippen molar-refractivity contribution in [1.29, 1.82) is 0 Å². The minimum absolute atomic E-state index is 0.130. The van der Waals surface area contributed by atoms with Crippen molar-refractivity contribution in [2.24, 2.45) is 0 Å². The van der Waals surface area contributed by atoms with Gasteiger partial charge in [0.15, 0.2) is 0 Å². The topological polar surface area (TPSA) is 44.4 Å². The van der Waals surface area contributed by atoms with Gasteiger partial charge in [0.2, 0.25) is 5.91 Å². The molecule has 0 bridgehead atoms. The second kappa shape index (κ2) is 6.86. The quantitative estimate of drug-likeness (QED) is 0.596. The molecule has 0 saturated heterocycles. The van der Waals surface area contributed by atoms with E-state index in [2.05, 4.69) is 29.5 Å². The van der Waals surface area contributed by atoms with Crippen LogP contribution in [0.25, 0.3) is 0 Å². The Bertz CT molecular complexity index is 216. The number of hydrogen-bond acceptors (Lipinski definition) is 3. The van der Waals surface area contributed by atoms with Crippen molar-refractivity contribution in [1.82, 2.24) is 15.5 Å². The SMILES string of the molecule is CNC(=O)CCCNCC(C)N(C)C1CC1. The number of nitrogens with one attached hydrogen (secondary N) is 2. The average Bonchev–Trinajstić information content (AvgIpc) is 3.10. The molecule has 1 aliphatic rings. The Hall–Kier alpha value is -0.610. The molecule has 16 heavy (non-hydrogen) atoms. The van der Waals surface area contributed by atoms with Crippen LogP contribution in [0.15, 0.2) is 0 Å². The number of carbonyl (C=O) groups excluding carboxylic acids is 1. The second-order valence-corrected chi connectivity index (χ2v) is 4.73. The molecular weight excluding hydrogens is 202 g/mol. The Kier molecular flexibility index (Phi) is 5.77. The van der Waals surface area contributed by atoms with E-state index in [1.54, 1.807) is 7.05 Å². The lowest BCUT2D eigenvalue weighted by Crippen LogP contribution is -2.39. The summed E-state index contributed by atoms with van der Waals surface area (Å²) in [5.41, 5.74) is 0. The number of amides is 1. The van der Waals surface area contributed by atoms with Crippen molar-refractivity contribution >= 4 is 5.91 Å². The first-order chi connectivity index (χ1) is 7.65. The fraction of sp³-hybridized carbons (Fsp3) is 0.917. The van der Waals surface area contributed by atoms with Gasteiger partial charge >= 0.3 is 0 Å². The van der Waals surface area contributed by atoms with E-state index in [-0.39, 0.29) is 5.91 Å². The highest BCUT2D eigenvalue weighted by Crippen LogP contribution is 2.26. The molecule has 0 heterocycles. The van der Waals surface area contributed by atoms with Crippen LogP contribution in [0.4, 0.5) is 0 Å². The van der Waals surface area contributed by atoms with Crippen molar-refractivity contribution < 1.29 is 4.79 Å². The van der Waals surface area contributed by atoms with E-state index in [9.17, 15) is 4.79 Å². The average molecular weight is 227 g/mol. The van der Waals surface area contributed by atoms with Crippen LogP contribution in [0, 0.1) is 0 Å². The standard InChI is InChI=1S/C12H25N3O/c1-10(15(3)11-6-7-11)9-14-8-4-5-12(16)13-2/h10-11,14H,4-9H2,1-3H3,(H,13,16). The van der Waals surface area contributed by atoms with Crippen LogP contribution < -0.4 is 10.6 Å². The van der Waals surface area contributed by atoms with E-state index in [1.807, 2.05) is 0 Å². The monoisotopic (exact) mass is 227 g/mol. The lowest BCUT2D eigenvalue weighted by molar-refractivity contribution is -0.120. The Morgan fingerprint density at radius 3 is 2.75 bits per heavy atom. The minimum atomic E-state index is 0.130. The zero-order valence-corrected chi connectivity index (χ0v) is 10.8. The predicted octanol–water partition coefficient (Wildman–Crippen LogP) is 0.585. The molecule has 1 atom stereocenters. The highest BCUT2D eigenvalue weighted by molar-refractivity contribution is 5.75. The van der Waals surface area contributed by atoms with Crippen molar-refractivity contribution in [3.05, 3.63) is 0 Å². The maximum Gasteiger partial charge on any atom is 0.219 e. The molecule has 1 unspecified atom stereocenters. The van der Waals surface area contributed by atoms with Crippen LogP contribution in [0.5, 0.6) is 0 Å². The number of rotatable bonds is 8. The molecule has 0 aromatic rings. The maximum absolute atomic E-state index is 11.0. The maximum atomic E-state index is 11.0. The molecule has 1 amide bonds. The molecule has 0 aliphatic heterocycles. The molecule has 1 fully saturated rings. The fourth-order valence-corrected chi connectivity index (χ4v) is 1.80. The molecule has 1 aliphatic carbocycles. The van der Waals surface area contributed by atoms with Crippen molar-refractivity contribution in [3.63, 3.8) is 0 Å². The molecule has 4 nitrogen and oxygen atoms in total. The largest absolute Gasteiger partial charge is 0.359 e. The number of hydrogen-bond donors (Lipinski definition) is 2. The van der Waals surface area contributed by atoms with Gasteiger partial charge in [0.05, 0.1) is 0 Å². The molecule has 94 valence electrons. The Balaban J connectivity index is 1.95. The van der Waals surface area contributed by atoms with Crippen molar-refractivity contribution in [2.75, 3.05) is 27.2 Å². The van der Waals surface area contributed by atoms with E-state index >= 15 is 0 Å². The number of carbonyl (C=O) groups is 1. The number of nitrogens with zero attached hydrogens (tertiary/aromatic N) is 1. The second-order valence-electron chi connectivity index (χ2n) is 4.73. The van der Waals surface area contributed by atoms with E-state index in [1.165, 1.54) is 12.8 Å². The van der Waals surface area contributed by atoms with Gasteiger partial charge < -0.3 is 10.6 Å². The van der Waals surface area contributed by atoms with Gasteiger partial charge in [-0.25, -0.2) is 0 Å². The summed E-state index contributed by atoms with van der Waals surface area (Å²) in [5, 5.41) is 6.04. The third-order valence-corrected chi connectivity index (χ3v) is 3.29. The third kappa shape index (κ3) is 4.94.